The topological polar surface area (TPSA) is 49.3 Å². The summed E-state index contributed by atoms with van der Waals surface area (Å²) < 4.78 is 0. The lowest BCUT2D eigenvalue weighted by atomic mass is 9.89. The van der Waals surface area contributed by atoms with Gasteiger partial charge in [-0.15, -0.1) is 0 Å². The summed E-state index contributed by atoms with van der Waals surface area (Å²) in [5.41, 5.74) is 0.264. The fourth-order valence-corrected chi connectivity index (χ4v) is 2.38. The first-order valence-electron chi connectivity index (χ1n) is 6.96. The molecular formula is C16H25NO2. The van der Waals surface area contributed by atoms with E-state index in [0.29, 0.717) is 12.3 Å². The fourth-order valence-electron chi connectivity index (χ4n) is 2.38. The van der Waals surface area contributed by atoms with Crippen LogP contribution in [0.2, 0.25) is 0 Å². The number of aliphatic carboxylic acids is 1. The van der Waals surface area contributed by atoms with Gasteiger partial charge < -0.3 is 5.11 Å². The molecule has 1 aromatic carbocycles. The van der Waals surface area contributed by atoms with Crippen molar-refractivity contribution in [2.45, 2.75) is 52.1 Å². The van der Waals surface area contributed by atoms with Crippen LogP contribution in [-0.4, -0.2) is 16.6 Å². The van der Waals surface area contributed by atoms with E-state index >= 15 is 0 Å². The van der Waals surface area contributed by atoms with Gasteiger partial charge in [0, 0.05) is 6.04 Å². The number of hydrogen-bond acceptors (Lipinski definition) is 2. The molecule has 2 N–H and O–H groups in total. The van der Waals surface area contributed by atoms with Crippen LogP contribution in [-0.2, 0) is 4.79 Å². The first-order chi connectivity index (χ1) is 8.90. The molecule has 1 rings (SSSR count). The van der Waals surface area contributed by atoms with Gasteiger partial charge in [0.25, 0.3) is 0 Å². The maximum Gasteiger partial charge on any atom is 0.323 e. The van der Waals surface area contributed by atoms with E-state index in [2.05, 4.69) is 19.2 Å². The highest BCUT2D eigenvalue weighted by Crippen LogP contribution is 2.26. The maximum atomic E-state index is 11.5. The lowest BCUT2D eigenvalue weighted by molar-refractivity contribution is -0.145. The normalized spacial score (nSPS) is 16.1. The molecule has 0 spiro atoms. The molecule has 0 fully saturated rings. The van der Waals surface area contributed by atoms with Gasteiger partial charge in [0.15, 0.2) is 0 Å². The molecule has 2 unspecified atom stereocenters. The zero-order valence-corrected chi connectivity index (χ0v) is 12.3. The summed E-state index contributed by atoms with van der Waals surface area (Å²) in [4.78, 5) is 11.5. The molecule has 0 saturated heterocycles. The molecular weight excluding hydrogens is 238 g/mol. The van der Waals surface area contributed by atoms with E-state index in [9.17, 15) is 9.90 Å². The van der Waals surface area contributed by atoms with Gasteiger partial charge in [-0.25, -0.2) is 0 Å². The minimum Gasteiger partial charge on any atom is -0.480 e. The molecule has 1 aromatic rings. The molecule has 0 aromatic heterocycles. The van der Waals surface area contributed by atoms with E-state index in [1.165, 1.54) is 0 Å². The molecule has 0 radical (unpaired) electrons. The van der Waals surface area contributed by atoms with Crippen molar-refractivity contribution in [3.05, 3.63) is 35.9 Å². The van der Waals surface area contributed by atoms with E-state index in [0.717, 1.165) is 12.0 Å². The van der Waals surface area contributed by atoms with Crippen molar-refractivity contribution in [2.24, 2.45) is 5.92 Å². The summed E-state index contributed by atoms with van der Waals surface area (Å²) in [6.07, 6.45) is 1.47. The molecule has 0 heterocycles. The minimum atomic E-state index is -0.875. The third kappa shape index (κ3) is 4.06. The Balaban J connectivity index is 2.98. The van der Waals surface area contributed by atoms with Crippen molar-refractivity contribution in [3.8, 4) is 0 Å². The van der Waals surface area contributed by atoms with Crippen LogP contribution in [0, 0.1) is 5.92 Å². The summed E-state index contributed by atoms with van der Waals surface area (Å²) in [5.74, 6) is -0.450. The number of carboxylic acid groups (broad SMARTS) is 1. The molecule has 0 bridgehead atoms. The molecule has 106 valence electrons. The standard InChI is InChI=1S/C16H25NO2/c1-5-11-16(4,15(18)19)17-14(12(2)3)13-9-7-6-8-10-13/h6-10,12,14,17H,5,11H2,1-4H3,(H,18,19). The maximum absolute atomic E-state index is 11.5. The van der Waals surface area contributed by atoms with Gasteiger partial charge in [0.2, 0.25) is 0 Å². The van der Waals surface area contributed by atoms with Crippen LogP contribution >= 0.6 is 0 Å². The van der Waals surface area contributed by atoms with Gasteiger partial charge >= 0.3 is 5.97 Å². The van der Waals surface area contributed by atoms with E-state index < -0.39 is 11.5 Å². The lowest BCUT2D eigenvalue weighted by Crippen LogP contribution is -2.51. The average molecular weight is 263 g/mol. The van der Waals surface area contributed by atoms with Crippen LogP contribution in [0.1, 0.15) is 52.1 Å². The van der Waals surface area contributed by atoms with Crippen molar-refractivity contribution in [2.75, 3.05) is 0 Å². The molecule has 0 aliphatic rings. The smallest absolute Gasteiger partial charge is 0.323 e. The van der Waals surface area contributed by atoms with Crippen molar-refractivity contribution in [1.82, 2.24) is 5.32 Å². The Morgan fingerprint density at radius 3 is 2.32 bits per heavy atom. The fraction of sp³-hybridized carbons (Fsp3) is 0.562. The molecule has 0 amide bonds. The van der Waals surface area contributed by atoms with Crippen LogP contribution in [0.15, 0.2) is 30.3 Å². The summed E-state index contributed by atoms with van der Waals surface area (Å²) in [6, 6.07) is 10.1. The van der Waals surface area contributed by atoms with Gasteiger partial charge in [-0.3, -0.25) is 10.1 Å². The number of carboxylic acids is 1. The molecule has 0 aliphatic carbocycles. The Bertz CT molecular complexity index is 402. The summed E-state index contributed by atoms with van der Waals surface area (Å²) >= 11 is 0. The molecule has 0 saturated carbocycles. The van der Waals surface area contributed by atoms with Gasteiger partial charge in [-0.2, -0.15) is 0 Å². The van der Waals surface area contributed by atoms with Gasteiger partial charge in [0.1, 0.15) is 5.54 Å². The minimum absolute atomic E-state index is 0.0499. The van der Waals surface area contributed by atoms with Crippen molar-refractivity contribution < 1.29 is 9.90 Å². The zero-order valence-electron chi connectivity index (χ0n) is 12.3. The van der Waals surface area contributed by atoms with Crippen LogP contribution < -0.4 is 5.32 Å². The van der Waals surface area contributed by atoms with E-state index in [1.54, 1.807) is 6.92 Å². The van der Waals surface area contributed by atoms with Gasteiger partial charge in [-0.1, -0.05) is 57.5 Å². The van der Waals surface area contributed by atoms with E-state index in [-0.39, 0.29) is 6.04 Å². The van der Waals surface area contributed by atoms with E-state index in [4.69, 9.17) is 0 Å². The molecule has 0 aliphatic heterocycles. The summed E-state index contributed by atoms with van der Waals surface area (Å²) in [7, 11) is 0. The zero-order chi connectivity index (χ0) is 14.5. The predicted octanol–water partition coefficient (Wildman–Crippen LogP) is 3.62. The number of nitrogens with one attached hydrogen (secondary N) is 1. The highest BCUT2D eigenvalue weighted by Gasteiger charge is 2.35. The predicted molar refractivity (Wildman–Crippen MR) is 78.1 cm³/mol. The summed E-state index contributed by atoms with van der Waals surface area (Å²) in [6.45, 7) is 8.00. The summed E-state index contributed by atoms with van der Waals surface area (Å²) in [5, 5.41) is 12.8. The second kappa shape index (κ2) is 6.71. The Labute approximate surface area is 116 Å². The SMILES string of the molecule is CCCC(C)(NC(c1ccccc1)C(C)C)C(=O)O. The number of carbonyl (C=O) groups is 1. The molecule has 3 heteroatoms. The second-order valence-corrected chi connectivity index (χ2v) is 5.66. The lowest BCUT2D eigenvalue weighted by Gasteiger charge is -2.34. The second-order valence-electron chi connectivity index (χ2n) is 5.66. The molecule has 19 heavy (non-hydrogen) atoms. The number of benzene rings is 1. The third-order valence-electron chi connectivity index (χ3n) is 3.52. The first kappa shape index (κ1) is 15.7. The Hall–Kier alpha value is -1.35. The molecule has 2 atom stereocenters. The average Bonchev–Trinajstić information content (AvgIpc) is 2.37. The van der Waals surface area contributed by atoms with Crippen LogP contribution in [0.4, 0.5) is 0 Å². The van der Waals surface area contributed by atoms with Gasteiger partial charge in [0.05, 0.1) is 0 Å². The van der Waals surface area contributed by atoms with Gasteiger partial charge in [-0.05, 0) is 24.8 Å². The van der Waals surface area contributed by atoms with Crippen LogP contribution in [0.5, 0.6) is 0 Å². The Kier molecular flexibility index (Phi) is 5.55. The first-order valence-corrected chi connectivity index (χ1v) is 6.96. The highest BCUT2D eigenvalue weighted by molar-refractivity contribution is 5.78. The van der Waals surface area contributed by atoms with Crippen LogP contribution in [0.25, 0.3) is 0 Å². The van der Waals surface area contributed by atoms with Crippen LogP contribution in [0.3, 0.4) is 0 Å². The third-order valence-corrected chi connectivity index (χ3v) is 3.52. The Morgan fingerprint density at radius 1 is 1.32 bits per heavy atom. The monoisotopic (exact) mass is 263 g/mol. The molecule has 3 nitrogen and oxygen atoms in total. The van der Waals surface area contributed by atoms with Crippen molar-refractivity contribution in [3.63, 3.8) is 0 Å². The largest absolute Gasteiger partial charge is 0.480 e. The van der Waals surface area contributed by atoms with Crippen molar-refractivity contribution in [1.29, 1.82) is 0 Å². The number of rotatable bonds is 7. The Morgan fingerprint density at radius 2 is 1.89 bits per heavy atom. The quantitative estimate of drug-likeness (QED) is 0.790. The van der Waals surface area contributed by atoms with Crippen molar-refractivity contribution >= 4 is 5.97 Å². The van der Waals surface area contributed by atoms with E-state index in [1.807, 2.05) is 37.3 Å². The number of hydrogen-bond donors (Lipinski definition) is 2. The highest BCUT2D eigenvalue weighted by atomic mass is 16.4.